The molecule has 3 nitrogen and oxygen atoms in total. The molecule has 0 aliphatic heterocycles. The highest BCUT2D eigenvalue weighted by molar-refractivity contribution is 7.84. The number of nitrogen functional groups attached to an aromatic ring is 1. The molecule has 1 heterocycles. The third-order valence-electron chi connectivity index (χ3n) is 2.16. The molecular weight excluding hydrogens is 239 g/mol. The fraction of sp³-hybridized carbons (Fsp3) is 0.0833. The lowest BCUT2D eigenvalue weighted by Gasteiger charge is -2.03. The van der Waals surface area contributed by atoms with E-state index in [0.29, 0.717) is 10.6 Å². The van der Waals surface area contributed by atoms with Crippen LogP contribution in [-0.4, -0.2) is 9.19 Å². The Labute approximate surface area is 101 Å². The van der Waals surface area contributed by atoms with Gasteiger partial charge in [0, 0.05) is 16.8 Å². The van der Waals surface area contributed by atoms with Gasteiger partial charge in [-0.1, -0.05) is 6.07 Å². The van der Waals surface area contributed by atoms with E-state index in [-0.39, 0.29) is 11.4 Å². The minimum absolute atomic E-state index is 0.254. The third kappa shape index (κ3) is 3.10. The standard InChI is InChI=1S/C12H11FN2OS/c13-9-5-10(14)7-12(6-9)17(16)8-11-3-1-2-4-15-11/h1-7H,8,14H2. The number of benzene rings is 1. The van der Waals surface area contributed by atoms with Gasteiger partial charge in [0.1, 0.15) is 5.82 Å². The highest BCUT2D eigenvalue weighted by atomic mass is 32.2. The first-order chi connectivity index (χ1) is 8.15. The second-order valence-electron chi connectivity index (χ2n) is 3.53. The van der Waals surface area contributed by atoms with E-state index in [2.05, 4.69) is 4.98 Å². The van der Waals surface area contributed by atoms with Crippen LogP contribution in [0.3, 0.4) is 0 Å². The predicted molar refractivity (Wildman–Crippen MR) is 65.2 cm³/mol. The van der Waals surface area contributed by atoms with Gasteiger partial charge >= 0.3 is 0 Å². The van der Waals surface area contributed by atoms with Gasteiger partial charge in [-0.05, 0) is 30.3 Å². The van der Waals surface area contributed by atoms with Gasteiger partial charge in [-0.25, -0.2) is 4.39 Å². The van der Waals surface area contributed by atoms with E-state index < -0.39 is 16.6 Å². The van der Waals surface area contributed by atoms with Crippen molar-refractivity contribution in [2.45, 2.75) is 10.6 Å². The van der Waals surface area contributed by atoms with Crippen molar-refractivity contribution in [2.75, 3.05) is 5.73 Å². The van der Waals surface area contributed by atoms with Crippen LogP contribution in [-0.2, 0) is 16.6 Å². The fourth-order valence-corrected chi connectivity index (χ4v) is 2.53. The van der Waals surface area contributed by atoms with Crippen LogP contribution >= 0.6 is 0 Å². The molecule has 0 aliphatic rings. The summed E-state index contributed by atoms with van der Waals surface area (Å²) in [6.45, 7) is 0. The third-order valence-corrected chi connectivity index (χ3v) is 3.48. The molecule has 0 spiro atoms. The average Bonchev–Trinajstić information content (AvgIpc) is 2.29. The van der Waals surface area contributed by atoms with Gasteiger partial charge in [-0.3, -0.25) is 9.19 Å². The van der Waals surface area contributed by atoms with Crippen LogP contribution in [0.25, 0.3) is 0 Å². The largest absolute Gasteiger partial charge is 0.399 e. The summed E-state index contributed by atoms with van der Waals surface area (Å²) < 4.78 is 25.1. The number of halogens is 1. The van der Waals surface area contributed by atoms with Crippen LogP contribution in [0.5, 0.6) is 0 Å². The summed E-state index contributed by atoms with van der Waals surface area (Å²) in [7, 11) is -1.34. The number of hydrogen-bond donors (Lipinski definition) is 1. The first-order valence-corrected chi connectivity index (χ1v) is 6.31. The van der Waals surface area contributed by atoms with E-state index in [4.69, 9.17) is 5.73 Å². The maximum atomic E-state index is 13.1. The van der Waals surface area contributed by atoms with E-state index in [9.17, 15) is 8.60 Å². The monoisotopic (exact) mass is 250 g/mol. The summed E-state index contributed by atoms with van der Waals surface area (Å²) in [5, 5.41) is 0. The first kappa shape index (κ1) is 11.7. The zero-order valence-corrected chi connectivity index (χ0v) is 9.78. The predicted octanol–water partition coefficient (Wildman–Crippen LogP) is 2.11. The van der Waals surface area contributed by atoms with Crippen molar-refractivity contribution < 1.29 is 8.60 Å². The number of nitrogens with zero attached hydrogens (tertiary/aromatic N) is 1. The Morgan fingerprint density at radius 2 is 2.12 bits per heavy atom. The van der Waals surface area contributed by atoms with E-state index >= 15 is 0 Å². The van der Waals surface area contributed by atoms with Gasteiger partial charge in [-0.15, -0.1) is 0 Å². The van der Waals surface area contributed by atoms with Crippen LogP contribution in [0.2, 0.25) is 0 Å². The number of aromatic nitrogens is 1. The summed E-state index contributed by atoms with van der Waals surface area (Å²) in [4.78, 5) is 4.45. The molecule has 0 fully saturated rings. The summed E-state index contributed by atoms with van der Waals surface area (Å²) in [5.41, 5.74) is 6.48. The summed E-state index contributed by atoms with van der Waals surface area (Å²) >= 11 is 0. The molecule has 1 aromatic heterocycles. The van der Waals surface area contributed by atoms with E-state index in [1.54, 1.807) is 18.3 Å². The number of rotatable bonds is 3. The molecule has 1 unspecified atom stereocenters. The summed E-state index contributed by atoms with van der Waals surface area (Å²) in [5.74, 6) is -0.224. The van der Waals surface area contributed by atoms with Gasteiger partial charge in [-0.2, -0.15) is 0 Å². The van der Waals surface area contributed by atoms with Crippen molar-refractivity contribution in [3.63, 3.8) is 0 Å². The Kier molecular flexibility index (Phi) is 3.49. The molecule has 0 saturated carbocycles. The topological polar surface area (TPSA) is 56.0 Å². The van der Waals surface area contributed by atoms with E-state index in [0.717, 1.165) is 0 Å². The van der Waals surface area contributed by atoms with Crippen LogP contribution < -0.4 is 5.73 Å². The Bertz CT molecular complexity index is 525. The fourth-order valence-electron chi connectivity index (χ4n) is 1.42. The number of hydrogen-bond acceptors (Lipinski definition) is 3. The zero-order valence-electron chi connectivity index (χ0n) is 8.97. The maximum absolute atomic E-state index is 13.1. The Morgan fingerprint density at radius 3 is 2.76 bits per heavy atom. The second-order valence-corrected chi connectivity index (χ2v) is 4.98. The van der Waals surface area contributed by atoms with Gasteiger partial charge in [0.25, 0.3) is 0 Å². The van der Waals surface area contributed by atoms with Crippen molar-refractivity contribution in [1.82, 2.24) is 4.98 Å². The smallest absolute Gasteiger partial charge is 0.126 e. The number of nitrogens with two attached hydrogens (primary N) is 1. The molecule has 88 valence electrons. The lowest BCUT2D eigenvalue weighted by molar-refractivity contribution is 0.623. The molecule has 2 aromatic rings. The average molecular weight is 250 g/mol. The molecule has 1 atom stereocenters. The molecule has 0 amide bonds. The highest BCUT2D eigenvalue weighted by Gasteiger charge is 2.08. The molecule has 0 saturated heterocycles. The highest BCUT2D eigenvalue weighted by Crippen LogP contribution is 2.16. The van der Waals surface area contributed by atoms with Gasteiger partial charge < -0.3 is 5.73 Å². The molecule has 17 heavy (non-hydrogen) atoms. The Morgan fingerprint density at radius 1 is 1.29 bits per heavy atom. The quantitative estimate of drug-likeness (QED) is 0.849. The molecule has 0 bridgehead atoms. The number of pyridine rings is 1. The Balaban J connectivity index is 2.20. The summed E-state index contributed by atoms with van der Waals surface area (Å²) in [6.07, 6.45) is 1.63. The van der Waals surface area contributed by atoms with Crippen LogP contribution in [0.15, 0.2) is 47.5 Å². The molecular formula is C12H11FN2OS. The molecule has 0 radical (unpaired) electrons. The van der Waals surface area contributed by atoms with Crippen LogP contribution in [0, 0.1) is 5.82 Å². The Hall–Kier alpha value is -1.75. The van der Waals surface area contributed by atoms with E-state index in [1.165, 1.54) is 18.2 Å². The molecule has 0 aliphatic carbocycles. The zero-order chi connectivity index (χ0) is 12.3. The lowest BCUT2D eigenvalue weighted by atomic mass is 10.3. The second kappa shape index (κ2) is 5.05. The SMILES string of the molecule is Nc1cc(F)cc(S(=O)Cc2ccccn2)c1. The van der Waals surface area contributed by atoms with Crippen molar-refractivity contribution in [2.24, 2.45) is 0 Å². The molecule has 1 aromatic carbocycles. The first-order valence-electron chi connectivity index (χ1n) is 4.99. The van der Waals surface area contributed by atoms with Gasteiger partial charge in [0.15, 0.2) is 0 Å². The van der Waals surface area contributed by atoms with Crippen molar-refractivity contribution in [3.8, 4) is 0 Å². The maximum Gasteiger partial charge on any atom is 0.126 e. The minimum Gasteiger partial charge on any atom is -0.399 e. The van der Waals surface area contributed by atoms with Crippen LogP contribution in [0.1, 0.15) is 5.69 Å². The molecule has 2 N–H and O–H groups in total. The van der Waals surface area contributed by atoms with Gasteiger partial charge in [0.05, 0.1) is 22.2 Å². The lowest BCUT2D eigenvalue weighted by Crippen LogP contribution is -2.00. The van der Waals surface area contributed by atoms with E-state index in [1.807, 2.05) is 6.07 Å². The van der Waals surface area contributed by atoms with Crippen molar-refractivity contribution in [3.05, 3.63) is 54.1 Å². The van der Waals surface area contributed by atoms with Crippen LogP contribution in [0.4, 0.5) is 10.1 Å². The number of anilines is 1. The molecule has 2 rings (SSSR count). The normalized spacial score (nSPS) is 12.3. The summed E-state index contributed by atoms with van der Waals surface area (Å²) in [6, 6.07) is 9.33. The molecule has 5 heteroatoms. The minimum atomic E-state index is -1.34. The van der Waals surface area contributed by atoms with Gasteiger partial charge in [0.2, 0.25) is 0 Å². The van der Waals surface area contributed by atoms with Crippen molar-refractivity contribution >= 4 is 16.5 Å². The van der Waals surface area contributed by atoms with Crippen molar-refractivity contribution in [1.29, 1.82) is 0 Å².